The fourth-order valence-corrected chi connectivity index (χ4v) is 4.29. The van der Waals surface area contributed by atoms with E-state index in [-0.39, 0.29) is 24.8 Å². The molecule has 0 spiro atoms. The number of nitrogens with zero attached hydrogens (tertiary/aromatic N) is 1. The lowest BCUT2D eigenvalue weighted by atomic mass is 9.87. The van der Waals surface area contributed by atoms with Crippen molar-refractivity contribution in [1.29, 1.82) is 0 Å². The number of anilines is 1. The minimum absolute atomic E-state index is 0.0274. The second-order valence-corrected chi connectivity index (χ2v) is 9.37. The van der Waals surface area contributed by atoms with Gasteiger partial charge in [0.1, 0.15) is 6.61 Å². The first-order chi connectivity index (χ1) is 16.7. The van der Waals surface area contributed by atoms with Crippen molar-refractivity contribution in [3.63, 3.8) is 0 Å². The van der Waals surface area contributed by atoms with Gasteiger partial charge in [-0.25, -0.2) is 4.79 Å². The van der Waals surface area contributed by atoms with Crippen LogP contribution in [-0.4, -0.2) is 54.1 Å². The highest BCUT2D eigenvalue weighted by molar-refractivity contribution is 6.31. The van der Waals surface area contributed by atoms with E-state index < -0.39 is 17.7 Å². The third kappa shape index (κ3) is 7.44. The second kappa shape index (κ2) is 12.0. The Morgan fingerprint density at radius 1 is 1.11 bits per heavy atom. The van der Waals surface area contributed by atoms with Gasteiger partial charge in [0, 0.05) is 23.8 Å². The summed E-state index contributed by atoms with van der Waals surface area (Å²) in [5.41, 5.74) is 7.44. The van der Waals surface area contributed by atoms with Crippen molar-refractivity contribution < 1.29 is 19.1 Å². The van der Waals surface area contributed by atoms with E-state index >= 15 is 0 Å². The molecule has 1 fully saturated rings. The Balaban J connectivity index is 1.66. The molecule has 3 amide bonds. The van der Waals surface area contributed by atoms with Gasteiger partial charge in [-0.3, -0.25) is 14.9 Å². The molecule has 1 aliphatic rings. The normalized spacial score (nSPS) is 15.7. The molecule has 1 saturated heterocycles. The number of hydrogen-bond acceptors (Lipinski definition) is 5. The third-order valence-electron chi connectivity index (χ3n) is 6.22. The number of piperidine rings is 1. The maximum atomic E-state index is 12.9. The summed E-state index contributed by atoms with van der Waals surface area (Å²) < 4.78 is 5.54. The van der Waals surface area contributed by atoms with Crippen LogP contribution < -0.4 is 16.4 Å². The van der Waals surface area contributed by atoms with Gasteiger partial charge >= 0.3 is 6.09 Å². The molecule has 3 rings (SSSR count). The molecule has 35 heavy (non-hydrogen) atoms. The van der Waals surface area contributed by atoms with Gasteiger partial charge in [0.15, 0.2) is 0 Å². The van der Waals surface area contributed by atoms with Gasteiger partial charge in [-0.1, -0.05) is 48.9 Å². The first kappa shape index (κ1) is 26.5. The molecule has 0 saturated carbocycles. The largest absolute Gasteiger partial charge is 0.447 e. The van der Waals surface area contributed by atoms with E-state index in [4.69, 9.17) is 22.1 Å². The predicted octanol–water partition coefficient (Wildman–Crippen LogP) is 3.52. The lowest BCUT2D eigenvalue weighted by Gasteiger charge is -2.42. The minimum Gasteiger partial charge on any atom is -0.447 e. The maximum Gasteiger partial charge on any atom is 0.411 e. The number of ether oxygens (including phenoxy) is 1. The Labute approximate surface area is 211 Å². The molecule has 0 aliphatic carbocycles. The van der Waals surface area contributed by atoms with Crippen LogP contribution in [0.5, 0.6) is 0 Å². The van der Waals surface area contributed by atoms with Crippen molar-refractivity contribution >= 4 is 35.2 Å². The summed E-state index contributed by atoms with van der Waals surface area (Å²) in [6, 6.07) is 14.1. The van der Waals surface area contributed by atoms with Gasteiger partial charge in [-0.05, 0) is 55.5 Å². The van der Waals surface area contributed by atoms with Gasteiger partial charge in [0.25, 0.3) is 0 Å². The van der Waals surface area contributed by atoms with E-state index in [0.717, 1.165) is 12.0 Å². The maximum absolute atomic E-state index is 12.9. The van der Waals surface area contributed by atoms with Gasteiger partial charge in [0.05, 0.1) is 18.0 Å². The number of nitrogens with two attached hydrogens (primary N) is 1. The van der Waals surface area contributed by atoms with Crippen LogP contribution in [0.25, 0.3) is 0 Å². The fraction of sp³-hybridized carbons (Fsp3) is 0.423. The molecular formula is C26H33ClN4O4. The van der Waals surface area contributed by atoms with Crippen molar-refractivity contribution in [3.8, 4) is 0 Å². The summed E-state index contributed by atoms with van der Waals surface area (Å²) >= 11 is 6.21. The Kier molecular flexibility index (Phi) is 9.12. The summed E-state index contributed by atoms with van der Waals surface area (Å²) in [4.78, 5) is 39.4. The van der Waals surface area contributed by atoms with Crippen LogP contribution in [0.1, 0.15) is 37.8 Å². The van der Waals surface area contributed by atoms with Crippen molar-refractivity contribution in [2.45, 2.75) is 51.1 Å². The molecule has 4 N–H and O–H groups in total. The monoisotopic (exact) mass is 500 g/mol. The van der Waals surface area contributed by atoms with E-state index in [1.807, 2.05) is 30.3 Å². The van der Waals surface area contributed by atoms with Crippen LogP contribution >= 0.6 is 11.6 Å². The molecule has 1 aliphatic heterocycles. The van der Waals surface area contributed by atoms with Gasteiger partial charge in [-0.15, -0.1) is 0 Å². The highest BCUT2D eigenvalue weighted by atomic mass is 35.5. The Bertz CT molecular complexity index is 1030. The van der Waals surface area contributed by atoms with Crippen LogP contribution in [0.3, 0.4) is 0 Å². The second-order valence-electron chi connectivity index (χ2n) is 8.96. The number of aryl methyl sites for hydroxylation is 1. The molecule has 0 aromatic heterocycles. The number of rotatable bonds is 8. The summed E-state index contributed by atoms with van der Waals surface area (Å²) in [7, 11) is 0. The zero-order valence-electron chi connectivity index (χ0n) is 20.2. The molecule has 2 aromatic rings. The Morgan fingerprint density at radius 3 is 2.37 bits per heavy atom. The first-order valence-corrected chi connectivity index (χ1v) is 12.2. The summed E-state index contributed by atoms with van der Waals surface area (Å²) in [5.74, 6) is -0.376. The van der Waals surface area contributed by atoms with Crippen LogP contribution in [0.15, 0.2) is 48.5 Å². The van der Waals surface area contributed by atoms with Crippen molar-refractivity contribution in [1.82, 2.24) is 10.2 Å². The minimum atomic E-state index is -0.809. The number of halogens is 1. The number of nitrogens with one attached hydrogen (secondary N) is 2. The standard InChI is InChI=1S/C26H33ClN4O4/c1-3-19-8-10-21(11-9-19)29-25(34)35-17-26(12-14-31(15-13-26)24(33)18(2)28)30-23(32)16-20-6-4-5-7-22(20)27/h4-11,18H,3,12-17,28H2,1-2H3,(H,29,34)(H,30,32)/t18-/m0/s1. The Morgan fingerprint density at radius 2 is 1.77 bits per heavy atom. The number of likely N-dealkylation sites (tertiary alicyclic amines) is 1. The lowest BCUT2D eigenvalue weighted by molar-refractivity contribution is -0.134. The van der Waals surface area contributed by atoms with Gasteiger partial charge < -0.3 is 20.7 Å². The van der Waals surface area contributed by atoms with Crippen molar-refractivity contribution in [3.05, 3.63) is 64.7 Å². The molecule has 0 unspecified atom stereocenters. The summed E-state index contributed by atoms with van der Waals surface area (Å²) in [6.07, 6.45) is 1.25. The molecule has 1 atom stereocenters. The molecular weight excluding hydrogens is 468 g/mol. The fourth-order valence-electron chi connectivity index (χ4n) is 4.08. The molecule has 2 aromatic carbocycles. The SMILES string of the molecule is CCc1ccc(NC(=O)OCC2(NC(=O)Cc3ccccc3Cl)CCN(C(=O)[C@H](C)N)CC2)cc1. The lowest BCUT2D eigenvalue weighted by Crippen LogP contribution is -2.60. The van der Waals surface area contributed by atoms with Crippen LogP contribution in [-0.2, 0) is 27.2 Å². The average Bonchev–Trinajstić information content (AvgIpc) is 2.85. The van der Waals surface area contributed by atoms with Crippen LogP contribution in [0.4, 0.5) is 10.5 Å². The molecule has 0 radical (unpaired) electrons. The summed E-state index contributed by atoms with van der Waals surface area (Å²) in [6.45, 7) is 4.48. The molecule has 188 valence electrons. The van der Waals surface area contributed by atoms with Crippen molar-refractivity contribution in [2.75, 3.05) is 25.0 Å². The summed E-state index contributed by atoms with van der Waals surface area (Å²) in [5, 5.41) is 6.29. The van der Waals surface area contributed by atoms with E-state index in [1.54, 1.807) is 30.0 Å². The van der Waals surface area contributed by atoms with E-state index in [2.05, 4.69) is 17.6 Å². The average molecular weight is 501 g/mol. The van der Waals surface area contributed by atoms with E-state index in [0.29, 0.717) is 42.2 Å². The smallest absolute Gasteiger partial charge is 0.411 e. The highest BCUT2D eigenvalue weighted by Gasteiger charge is 2.39. The Hall–Kier alpha value is -3.10. The highest BCUT2D eigenvalue weighted by Crippen LogP contribution is 2.25. The quantitative estimate of drug-likeness (QED) is 0.513. The van der Waals surface area contributed by atoms with Gasteiger partial charge in [-0.2, -0.15) is 0 Å². The number of amides is 3. The number of hydrogen-bond donors (Lipinski definition) is 3. The topological polar surface area (TPSA) is 114 Å². The third-order valence-corrected chi connectivity index (χ3v) is 6.59. The number of carbonyl (C=O) groups excluding carboxylic acids is 3. The molecule has 1 heterocycles. The zero-order valence-corrected chi connectivity index (χ0v) is 20.9. The van der Waals surface area contributed by atoms with Gasteiger partial charge in [0.2, 0.25) is 11.8 Å². The first-order valence-electron chi connectivity index (χ1n) is 11.8. The number of benzene rings is 2. The number of carbonyl (C=O) groups is 3. The molecule has 8 nitrogen and oxygen atoms in total. The van der Waals surface area contributed by atoms with E-state index in [1.165, 1.54) is 0 Å². The van der Waals surface area contributed by atoms with E-state index in [9.17, 15) is 14.4 Å². The molecule has 9 heteroatoms. The molecule has 0 bridgehead atoms. The predicted molar refractivity (Wildman–Crippen MR) is 136 cm³/mol. The zero-order chi connectivity index (χ0) is 25.4. The van der Waals surface area contributed by atoms with Crippen LogP contribution in [0, 0.1) is 0 Å². The van der Waals surface area contributed by atoms with Crippen molar-refractivity contribution in [2.24, 2.45) is 5.73 Å². The van der Waals surface area contributed by atoms with Crippen LogP contribution in [0.2, 0.25) is 5.02 Å².